The second-order valence-electron chi connectivity index (χ2n) is 10.7. The Hall–Kier alpha value is -0.0800. The minimum Gasteiger partial charge on any atom is -0.295 e. The molecule has 0 aromatic carbocycles. The van der Waals surface area contributed by atoms with E-state index < -0.39 is 0 Å². The largest absolute Gasteiger partial charge is 0.295 e. The van der Waals surface area contributed by atoms with Crippen LogP contribution >= 0.6 is 0 Å². The smallest absolute Gasteiger partial charge is 0.0227 e. The van der Waals surface area contributed by atoms with Crippen molar-refractivity contribution in [2.75, 3.05) is 19.6 Å². The molecule has 2 unspecified atom stereocenters. The number of hydrogen-bond acceptors (Lipinski definition) is 2. The normalized spacial score (nSPS) is 37.3. The molecule has 0 amide bonds. The molecule has 1 saturated carbocycles. The van der Waals surface area contributed by atoms with Gasteiger partial charge in [0.05, 0.1) is 0 Å². The van der Waals surface area contributed by atoms with E-state index in [2.05, 4.69) is 51.3 Å². The van der Waals surface area contributed by atoms with Gasteiger partial charge in [0.25, 0.3) is 0 Å². The van der Waals surface area contributed by atoms with Crippen LogP contribution in [0.4, 0.5) is 0 Å². The Labute approximate surface area is 145 Å². The lowest BCUT2D eigenvalue weighted by Crippen LogP contribution is -2.59. The average molecular weight is 321 g/mol. The fourth-order valence-electron chi connectivity index (χ4n) is 5.35. The summed E-state index contributed by atoms with van der Waals surface area (Å²) in [6.45, 7) is 18.5. The third-order valence-corrected chi connectivity index (χ3v) is 7.12. The van der Waals surface area contributed by atoms with Crippen molar-refractivity contribution in [3.63, 3.8) is 0 Å². The first-order chi connectivity index (χ1) is 10.6. The van der Waals surface area contributed by atoms with E-state index in [1.54, 1.807) is 0 Å². The highest BCUT2D eigenvalue weighted by Gasteiger charge is 2.43. The lowest BCUT2D eigenvalue weighted by molar-refractivity contribution is 0.00215. The van der Waals surface area contributed by atoms with Gasteiger partial charge in [-0.2, -0.15) is 0 Å². The Morgan fingerprint density at radius 3 is 1.70 bits per heavy atom. The zero-order valence-electron chi connectivity index (χ0n) is 16.6. The molecule has 2 atom stereocenters. The monoisotopic (exact) mass is 320 g/mol. The molecule has 2 nitrogen and oxygen atoms in total. The van der Waals surface area contributed by atoms with Crippen LogP contribution in [0.1, 0.15) is 80.1 Å². The van der Waals surface area contributed by atoms with Crippen molar-refractivity contribution in [2.45, 2.75) is 97.7 Å². The van der Waals surface area contributed by atoms with Crippen LogP contribution in [0.15, 0.2) is 0 Å². The van der Waals surface area contributed by atoms with Gasteiger partial charge in [-0.05, 0) is 76.5 Å². The van der Waals surface area contributed by atoms with E-state index in [9.17, 15) is 0 Å². The molecule has 2 heteroatoms. The van der Waals surface area contributed by atoms with Crippen LogP contribution in [0.5, 0.6) is 0 Å². The number of likely N-dealkylation sites (tertiary alicyclic amines) is 1. The lowest BCUT2D eigenvalue weighted by Gasteiger charge is -2.48. The Balaban J connectivity index is 1.53. The summed E-state index contributed by atoms with van der Waals surface area (Å²) in [5, 5.41) is 0. The summed E-state index contributed by atoms with van der Waals surface area (Å²) >= 11 is 0. The molecule has 0 aromatic heterocycles. The van der Waals surface area contributed by atoms with Gasteiger partial charge in [-0.3, -0.25) is 9.80 Å². The highest BCUT2D eigenvalue weighted by atomic mass is 15.3. The number of fused-ring (bicyclic) bond motifs is 2. The second kappa shape index (κ2) is 6.33. The molecule has 0 aromatic rings. The average Bonchev–Trinajstić information content (AvgIpc) is 2.68. The van der Waals surface area contributed by atoms with E-state index in [1.165, 1.54) is 58.2 Å². The van der Waals surface area contributed by atoms with E-state index in [0.717, 1.165) is 23.9 Å². The lowest BCUT2D eigenvalue weighted by atomic mass is 9.70. The van der Waals surface area contributed by atoms with Crippen molar-refractivity contribution in [1.82, 2.24) is 9.80 Å². The highest BCUT2D eigenvalue weighted by Crippen LogP contribution is 2.41. The van der Waals surface area contributed by atoms with Gasteiger partial charge >= 0.3 is 0 Å². The maximum Gasteiger partial charge on any atom is 0.0227 e. The molecule has 2 heterocycles. The van der Waals surface area contributed by atoms with E-state index in [1.807, 2.05) is 0 Å². The summed E-state index contributed by atoms with van der Waals surface area (Å²) in [5.41, 5.74) is 0.861. The molecule has 23 heavy (non-hydrogen) atoms. The molecule has 134 valence electrons. The third-order valence-electron chi connectivity index (χ3n) is 7.12. The van der Waals surface area contributed by atoms with Crippen LogP contribution in [0.2, 0.25) is 0 Å². The zero-order valence-corrected chi connectivity index (χ0v) is 16.6. The van der Waals surface area contributed by atoms with Crippen molar-refractivity contribution in [1.29, 1.82) is 0 Å². The zero-order chi connectivity index (χ0) is 16.8. The minimum atomic E-state index is 0.345. The fourth-order valence-corrected chi connectivity index (χ4v) is 5.35. The second-order valence-corrected chi connectivity index (χ2v) is 10.7. The molecule has 0 spiro atoms. The molecule has 3 aliphatic rings. The fraction of sp³-hybridized carbons (Fsp3) is 1.00. The molecule has 0 radical (unpaired) electrons. The molecule has 2 aliphatic heterocycles. The Morgan fingerprint density at radius 2 is 1.26 bits per heavy atom. The number of nitrogens with zero attached hydrogens (tertiary/aromatic N) is 2. The Morgan fingerprint density at radius 1 is 0.739 bits per heavy atom. The van der Waals surface area contributed by atoms with E-state index in [-0.39, 0.29) is 0 Å². The molecule has 0 N–H and O–H groups in total. The molecule has 3 fully saturated rings. The van der Waals surface area contributed by atoms with Crippen LogP contribution in [-0.2, 0) is 0 Å². The summed E-state index contributed by atoms with van der Waals surface area (Å²) in [6.07, 6.45) is 8.75. The van der Waals surface area contributed by atoms with E-state index >= 15 is 0 Å². The standard InChI is InChI=1S/C21H40N2/c1-20(2,3)17-9-7-16(8-10-17)13-23-18-11-12-19(23)15-22(14-18)21(4,5)6/h16-19H,7-15H2,1-6H3. The van der Waals surface area contributed by atoms with Crippen LogP contribution in [0, 0.1) is 17.3 Å². The molecule has 3 rings (SSSR count). The maximum atomic E-state index is 2.92. The molecule has 2 bridgehead atoms. The van der Waals surface area contributed by atoms with Crippen LogP contribution in [0.3, 0.4) is 0 Å². The van der Waals surface area contributed by atoms with Crippen molar-refractivity contribution in [3.8, 4) is 0 Å². The molecule has 2 saturated heterocycles. The van der Waals surface area contributed by atoms with Crippen molar-refractivity contribution >= 4 is 0 Å². The van der Waals surface area contributed by atoms with Crippen LogP contribution < -0.4 is 0 Å². The number of rotatable bonds is 2. The van der Waals surface area contributed by atoms with Gasteiger partial charge in [0.2, 0.25) is 0 Å². The molecule has 1 aliphatic carbocycles. The maximum absolute atomic E-state index is 2.92. The Kier molecular flexibility index (Phi) is 4.88. The number of piperazine rings is 1. The van der Waals surface area contributed by atoms with Crippen molar-refractivity contribution < 1.29 is 0 Å². The molecular formula is C21H40N2. The quantitative estimate of drug-likeness (QED) is 0.722. The van der Waals surface area contributed by atoms with Crippen molar-refractivity contribution in [3.05, 3.63) is 0 Å². The minimum absolute atomic E-state index is 0.345. The first kappa shape index (κ1) is 17.7. The predicted octanol–water partition coefficient (Wildman–Crippen LogP) is 4.79. The SMILES string of the molecule is CC(C)(C)C1CCC(CN2C3CCC2CN(C(C)(C)C)C3)CC1. The summed E-state index contributed by atoms with van der Waals surface area (Å²) in [6, 6.07) is 1.68. The first-order valence-electron chi connectivity index (χ1n) is 10.2. The number of hydrogen-bond donors (Lipinski definition) is 0. The highest BCUT2D eigenvalue weighted by molar-refractivity contribution is 4.99. The third kappa shape index (κ3) is 3.95. The van der Waals surface area contributed by atoms with E-state index in [4.69, 9.17) is 0 Å². The van der Waals surface area contributed by atoms with Gasteiger partial charge in [0.15, 0.2) is 0 Å². The van der Waals surface area contributed by atoms with Crippen molar-refractivity contribution in [2.24, 2.45) is 17.3 Å². The van der Waals surface area contributed by atoms with Gasteiger partial charge in [0.1, 0.15) is 0 Å². The van der Waals surface area contributed by atoms with Gasteiger partial charge < -0.3 is 0 Å². The van der Waals surface area contributed by atoms with Gasteiger partial charge in [-0.1, -0.05) is 20.8 Å². The molecular weight excluding hydrogens is 280 g/mol. The van der Waals surface area contributed by atoms with Crippen LogP contribution in [-0.4, -0.2) is 47.1 Å². The summed E-state index contributed by atoms with van der Waals surface area (Å²) in [7, 11) is 0. The van der Waals surface area contributed by atoms with Gasteiger partial charge in [-0.15, -0.1) is 0 Å². The summed E-state index contributed by atoms with van der Waals surface area (Å²) in [5.74, 6) is 1.92. The topological polar surface area (TPSA) is 6.48 Å². The predicted molar refractivity (Wildman–Crippen MR) is 99.7 cm³/mol. The van der Waals surface area contributed by atoms with Crippen LogP contribution in [0.25, 0.3) is 0 Å². The van der Waals surface area contributed by atoms with E-state index in [0.29, 0.717) is 11.0 Å². The van der Waals surface area contributed by atoms with Gasteiger partial charge in [0, 0.05) is 37.3 Å². The first-order valence-corrected chi connectivity index (χ1v) is 10.2. The van der Waals surface area contributed by atoms with Gasteiger partial charge in [-0.25, -0.2) is 0 Å². The summed E-state index contributed by atoms with van der Waals surface area (Å²) < 4.78 is 0. The Bertz CT molecular complexity index is 381. The summed E-state index contributed by atoms with van der Waals surface area (Å²) in [4.78, 5) is 5.66.